The summed E-state index contributed by atoms with van der Waals surface area (Å²) in [5.74, 6) is -0.701. The minimum atomic E-state index is -3.35. The number of thiazole rings is 1. The van der Waals surface area contributed by atoms with Crippen LogP contribution in [0.15, 0.2) is 29.6 Å². The Labute approximate surface area is 178 Å². The number of anilines is 1. The Morgan fingerprint density at radius 1 is 1.40 bits per heavy atom. The molecule has 164 valence electrons. The van der Waals surface area contributed by atoms with E-state index in [1.54, 1.807) is 30.5 Å². The van der Waals surface area contributed by atoms with Gasteiger partial charge in [0.15, 0.2) is 5.13 Å². The molecule has 1 unspecified atom stereocenters. The third kappa shape index (κ3) is 5.52. The largest absolute Gasteiger partial charge is 0.434 e. The molecule has 1 aromatic heterocycles. The van der Waals surface area contributed by atoms with Crippen molar-refractivity contribution in [3.05, 3.63) is 29.6 Å². The van der Waals surface area contributed by atoms with Gasteiger partial charge < -0.3 is 10.1 Å². The Morgan fingerprint density at radius 3 is 2.90 bits per heavy atom. The molecule has 1 atom stereocenters. The van der Waals surface area contributed by atoms with Crippen molar-refractivity contribution in [3.8, 4) is 17.0 Å². The maximum absolute atomic E-state index is 12.7. The van der Waals surface area contributed by atoms with Crippen LogP contribution in [0.3, 0.4) is 0 Å². The summed E-state index contributed by atoms with van der Waals surface area (Å²) in [4.78, 5) is 17.0. The van der Waals surface area contributed by atoms with Crippen LogP contribution in [0.4, 0.5) is 13.9 Å². The Balaban J connectivity index is 1.68. The second-order valence-electron chi connectivity index (χ2n) is 6.91. The fraction of sp³-hybridized carbons (Fsp3) is 0.474. The number of carbonyl (C=O) groups is 1. The van der Waals surface area contributed by atoms with Crippen LogP contribution in [0.25, 0.3) is 11.3 Å². The Morgan fingerprint density at radius 2 is 2.17 bits per heavy atom. The molecular formula is C19H23F2N3O4S2. The number of carbonyl (C=O) groups excluding carboxylic acids is 1. The van der Waals surface area contributed by atoms with E-state index < -0.39 is 22.6 Å². The van der Waals surface area contributed by atoms with E-state index in [4.69, 9.17) is 0 Å². The Hall–Kier alpha value is -2.11. The second-order valence-corrected chi connectivity index (χ2v) is 9.86. The lowest BCUT2D eigenvalue weighted by Gasteiger charge is -2.30. The molecule has 1 amide bonds. The number of hydrogen-bond acceptors (Lipinski definition) is 6. The minimum absolute atomic E-state index is 0.000250. The highest BCUT2D eigenvalue weighted by molar-refractivity contribution is 7.89. The molecule has 11 heteroatoms. The lowest BCUT2D eigenvalue weighted by Crippen LogP contribution is -2.44. The van der Waals surface area contributed by atoms with Crippen molar-refractivity contribution in [2.45, 2.75) is 32.8 Å². The fourth-order valence-corrected chi connectivity index (χ4v) is 5.64. The molecule has 1 saturated heterocycles. The average Bonchev–Trinajstić information content (AvgIpc) is 3.16. The van der Waals surface area contributed by atoms with Crippen LogP contribution < -0.4 is 10.1 Å². The molecule has 1 fully saturated rings. The smallest absolute Gasteiger partial charge is 0.387 e. The van der Waals surface area contributed by atoms with Gasteiger partial charge in [-0.1, -0.05) is 19.1 Å². The Kier molecular flexibility index (Phi) is 7.37. The van der Waals surface area contributed by atoms with Crippen molar-refractivity contribution in [2.24, 2.45) is 5.92 Å². The normalized spacial score (nSPS) is 17.8. The molecular weight excluding hydrogens is 436 g/mol. The van der Waals surface area contributed by atoms with Gasteiger partial charge in [0, 0.05) is 24.0 Å². The molecule has 0 bridgehead atoms. The lowest BCUT2D eigenvalue weighted by molar-refractivity contribution is -0.120. The molecule has 30 heavy (non-hydrogen) atoms. The van der Waals surface area contributed by atoms with Gasteiger partial charge in [-0.25, -0.2) is 17.7 Å². The number of nitrogens with zero attached hydrogens (tertiary/aromatic N) is 2. The molecule has 0 saturated carbocycles. The van der Waals surface area contributed by atoms with Crippen LogP contribution in [0.5, 0.6) is 5.75 Å². The predicted molar refractivity (Wildman–Crippen MR) is 111 cm³/mol. The summed E-state index contributed by atoms with van der Waals surface area (Å²) >= 11 is 1.16. The van der Waals surface area contributed by atoms with E-state index in [2.05, 4.69) is 15.0 Å². The average molecular weight is 460 g/mol. The number of halogens is 2. The molecule has 1 aliphatic rings. The summed E-state index contributed by atoms with van der Waals surface area (Å²) in [7, 11) is -3.35. The lowest BCUT2D eigenvalue weighted by atomic mass is 9.99. The summed E-state index contributed by atoms with van der Waals surface area (Å²) in [6, 6.07) is 6.29. The second kappa shape index (κ2) is 9.80. The van der Waals surface area contributed by atoms with E-state index >= 15 is 0 Å². The molecule has 7 nitrogen and oxygen atoms in total. The third-order valence-electron chi connectivity index (χ3n) is 4.72. The molecule has 1 N–H and O–H groups in total. The van der Waals surface area contributed by atoms with Crippen molar-refractivity contribution < 1.29 is 26.7 Å². The number of ether oxygens (including phenoxy) is 1. The summed E-state index contributed by atoms with van der Waals surface area (Å²) in [6.45, 7) is -0.579. The van der Waals surface area contributed by atoms with Crippen LogP contribution in [0.1, 0.15) is 26.2 Å². The van der Waals surface area contributed by atoms with E-state index in [0.717, 1.165) is 11.3 Å². The van der Waals surface area contributed by atoms with Crippen molar-refractivity contribution in [3.63, 3.8) is 0 Å². The first-order valence-electron chi connectivity index (χ1n) is 9.58. The quantitative estimate of drug-likeness (QED) is 0.649. The zero-order valence-corrected chi connectivity index (χ0v) is 18.0. The minimum Gasteiger partial charge on any atom is -0.434 e. The first kappa shape index (κ1) is 22.6. The van der Waals surface area contributed by atoms with Gasteiger partial charge in [0.05, 0.1) is 17.4 Å². The number of amides is 1. The number of benzene rings is 1. The molecule has 0 radical (unpaired) electrons. The van der Waals surface area contributed by atoms with Crippen molar-refractivity contribution in [2.75, 3.05) is 24.2 Å². The van der Waals surface area contributed by atoms with Gasteiger partial charge in [0.25, 0.3) is 0 Å². The maximum atomic E-state index is 12.7. The highest BCUT2D eigenvalue weighted by Gasteiger charge is 2.32. The first-order chi connectivity index (χ1) is 14.3. The summed E-state index contributed by atoms with van der Waals surface area (Å²) in [5.41, 5.74) is 0.798. The Bertz CT molecular complexity index is 982. The summed E-state index contributed by atoms with van der Waals surface area (Å²) in [5, 5.41) is 4.68. The van der Waals surface area contributed by atoms with Crippen LogP contribution >= 0.6 is 11.3 Å². The molecule has 0 spiro atoms. The molecule has 2 aromatic rings. The van der Waals surface area contributed by atoms with E-state index in [1.165, 1.54) is 10.4 Å². The number of hydrogen-bond donors (Lipinski definition) is 1. The number of piperidine rings is 1. The number of para-hydroxylation sites is 1. The van der Waals surface area contributed by atoms with Gasteiger partial charge >= 0.3 is 6.61 Å². The summed E-state index contributed by atoms with van der Waals surface area (Å²) < 4.78 is 55.8. The number of sulfonamides is 1. The summed E-state index contributed by atoms with van der Waals surface area (Å²) in [6.07, 6.45) is 1.73. The van der Waals surface area contributed by atoms with Gasteiger partial charge in [-0.05, 0) is 31.4 Å². The fourth-order valence-electron chi connectivity index (χ4n) is 3.34. The third-order valence-corrected chi connectivity index (χ3v) is 7.52. The van der Waals surface area contributed by atoms with Crippen LogP contribution in [-0.4, -0.2) is 49.1 Å². The first-order valence-corrected chi connectivity index (χ1v) is 12.1. The molecule has 3 rings (SSSR count). The SMILES string of the molecule is CCCS(=O)(=O)N1CCCC(C(=O)Nc2nc(-c3ccccc3OC(F)F)cs2)C1. The monoisotopic (exact) mass is 459 g/mol. The van der Waals surface area contributed by atoms with Gasteiger partial charge in [-0.15, -0.1) is 11.3 Å². The molecule has 1 aliphatic heterocycles. The van der Waals surface area contributed by atoms with Crippen LogP contribution in [-0.2, 0) is 14.8 Å². The van der Waals surface area contributed by atoms with Gasteiger partial charge in [-0.2, -0.15) is 8.78 Å². The predicted octanol–water partition coefficient (Wildman–Crippen LogP) is 3.80. The zero-order chi connectivity index (χ0) is 21.7. The highest BCUT2D eigenvalue weighted by atomic mass is 32.2. The number of nitrogens with one attached hydrogen (secondary N) is 1. The van der Waals surface area contributed by atoms with E-state index in [1.807, 2.05) is 0 Å². The molecule has 2 heterocycles. The van der Waals surface area contributed by atoms with Crippen LogP contribution in [0.2, 0.25) is 0 Å². The van der Waals surface area contributed by atoms with Crippen molar-refractivity contribution in [1.29, 1.82) is 0 Å². The number of rotatable bonds is 8. The highest BCUT2D eigenvalue weighted by Crippen LogP contribution is 2.33. The van der Waals surface area contributed by atoms with E-state index in [0.29, 0.717) is 42.2 Å². The van der Waals surface area contributed by atoms with Gasteiger partial charge in [0.2, 0.25) is 15.9 Å². The number of aromatic nitrogens is 1. The van der Waals surface area contributed by atoms with E-state index in [-0.39, 0.29) is 24.0 Å². The van der Waals surface area contributed by atoms with E-state index in [9.17, 15) is 22.0 Å². The van der Waals surface area contributed by atoms with Gasteiger partial charge in [0.1, 0.15) is 5.75 Å². The zero-order valence-electron chi connectivity index (χ0n) is 16.4. The van der Waals surface area contributed by atoms with Gasteiger partial charge in [-0.3, -0.25) is 4.79 Å². The number of alkyl halides is 2. The maximum Gasteiger partial charge on any atom is 0.387 e. The topological polar surface area (TPSA) is 88.6 Å². The van der Waals surface area contributed by atoms with Crippen molar-refractivity contribution in [1.82, 2.24) is 9.29 Å². The van der Waals surface area contributed by atoms with Crippen LogP contribution in [0, 0.1) is 5.92 Å². The molecule has 1 aromatic carbocycles. The molecule has 0 aliphatic carbocycles. The van der Waals surface area contributed by atoms with Crippen molar-refractivity contribution >= 4 is 32.4 Å². The standard InChI is InChI=1S/C19H23F2N3O4S2/c1-2-10-30(26,27)24-9-5-6-13(11-24)17(25)23-19-22-15(12-29-19)14-7-3-4-8-16(14)28-18(20)21/h3-4,7-8,12-13,18H,2,5-6,9-11H2,1H3,(H,22,23,25).